The van der Waals surface area contributed by atoms with Gasteiger partial charge in [-0.15, -0.1) is 0 Å². The Morgan fingerprint density at radius 3 is 1.88 bits per heavy atom. The quantitative estimate of drug-likeness (QED) is 0.0855. The molecule has 48 heavy (non-hydrogen) atoms. The lowest BCUT2D eigenvalue weighted by Gasteiger charge is -2.13. The maximum absolute atomic E-state index is 6.24. The fourth-order valence-electron chi connectivity index (χ4n) is 5.11. The van der Waals surface area contributed by atoms with Gasteiger partial charge in [-0.2, -0.15) is 0 Å². The molecule has 0 saturated carbocycles. The van der Waals surface area contributed by atoms with E-state index in [4.69, 9.17) is 10.7 Å². The van der Waals surface area contributed by atoms with Crippen LogP contribution >= 0.6 is 0 Å². The lowest BCUT2D eigenvalue weighted by molar-refractivity contribution is 0.794. The van der Waals surface area contributed by atoms with Crippen molar-refractivity contribution >= 4 is 23.8 Å². The fourth-order valence-corrected chi connectivity index (χ4v) is 5.11. The molecule has 0 spiro atoms. The van der Waals surface area contributed by atoms with Crippen LogP contribution in [0.2, 0.25) is 0 Å². The van der Waals surface area contributed by atoms with Crippen LogP contribution in [0.15, 0.2) is 101 Å². The summed E-state index contributed by atoms with van der Waals surface area (Å²) in [6, 6.07) is 31.1. The largest absolute Gasteiger partial charge is 0.370 e. The standard InChI is InChI=1S/C38H44N10/c1-5-6-10-29-13-15-30(16-14-29)24-41-36(48-37-43-26(2)21-27(3)44-37)42-25-34-22-28(4)45-38(46-34)47-35(39)40-23-31-17-19-33(20-18-31)32-11-8-7-9-12-32/h7-9,11-22H,5-6,10,23-25H2,1-4H3,(H3,39,40,45,46,47)(H2,41,42,43,44,48). The second kappa shape index (κ2) is 16.8. The molecule has 0 radical (unpaired) electrons. The van der Waals surface area contributed by atoms with E-state index in [1.54, 1.807) is 0 Å². The van der Waals surface area contributed by atoms with Crippen molar-refractivity contribution in [3.8, 4) is 11.1 Å². The van der Waals surface area contributed by atoms with Crippen molar-refractivity contribution in [2.24, 2.45) is 15.7 Å². The Balaban J connectivity index is 1.24. The molecule has 3 aromatic carbocycles. The van der Waals surface area contributed by atoms with Gasteiger partial charge in [0.05, 0.1) is 25.3 Å². The number of aromatic nitrogens is 4. The molecule has 2 heterocycles. The van der Waals surface area contributed by atoms with Gasteiger partial charge in [0.1, 0.15) is 0 Å². The number of aliphatic imine (C=N–C) groups is 2. The predicted molar refractivity (Wildman–Crippen MR) is 196 cm³/mol. The topological polar surface area (TPSA) is 138 Å². The zero-order valence-electron chi connectivity index (χ0n) is 28.2. The predicted octanol–water partition coefficient (Wildman–Crippen LogP) is 6.89. The normalized spacial score (nSPS) is 11.8. The van der Waals surface area contributed by atoms with E-state index in [2.05, 4.69) is 108 Å². The average Bonchev–Trinajstić information content (AvgIpc) is 3.08. The first-order valence-electron chi connectivity index (χ1n) is 16.3. The van der Waals surface area contributed by atoms with Crippen molar-refractivity contribution in [3.63, 3.8) is 0 Å². The Kier molecular flexibility index (Phi) is 11.8. The zero-order valence-corrected chi connectivity index (χ0v) is 28.2. The molecule has 0 fully saturated rings. The minimum atomic E-state index is 0.239. The molecule has 0 aliphatic carbocycles. The van der Waals surface area contributed by atoms with Crippen molar-refractivity contribution in [1.82, 2.24) is 25.3 Å². The number of hydrogen-bond donors (Lipinski definition) is 4. The van der Waals surface area contributed by atoms with Crippen LogP contribution in [0.3, 0.4) is 0 Å². The van der Waals surface area contributed by atoms with Gasteiger partial charge < -0.3 is 11.1 Å². The minimum Gasteiger partial charge on any atom is -0.370 e. The Morgan fingerprint density at radius 1 is 0.646 bits per heavy atom. The molecule has 246 valence electrons. The van der Waals surface area contributed by atoms with Crippen molar-refractivity contribution in [3.05, 3.63) is 130 Å². The summed E-state index contributed by atoms with van der Waals surface area (Å²) in [4.78, 5) is 27.6. The number of unbranched alkanes of at least 4 members (excludes halogenated alkanes) is 1. The van der Waals surface area contributed by atoms with Gasteiger partial charge in [0, 0.05) is 17.1 Å². The Bertz CT molecular complexity index is 1810. The smallest absolute Gasteiger partial charge is 0.230 e. The summed E-state index contributed by atoms with van der Waals surface area (Å²) in [5, 5.41) is 9.69. The number of nitrogens with two attached hydrogens (primary N) is 1. The minimum absolute atomic E-state index is 0.239. The number of benzene rings is 3. The third-order valence-corrected chi connectivity index (χ3v) is 7.55. The van der Waals surface area contributed by atoms with Crippen LogP contribution in [-0.4, -0.2) is 31.9 Å². The van der Waals surface area contributed by atoms with Crippen LogP contribution in [0.4, 0.5) is 11.9 Å². The summed E-state index contributed by atoms with van der Waals surface area (Å²) in [6.07, 6.45) is 3.46. The molecule has 5 aromatic rings. The molecule has 5 N–H and O–H groups in total. The van der Waals surface area contributed by atoms with Gasteiger partial charge in [-0.05, 0) is 73.6 Å². The molecule has 0 aliphatic rings. The summed E-state index contributed by atoms with van der Waals surface area (Å²) in [5.74, 6) is 1.64. The average molecular weight is 641 g/mol. The zero-order chi connectivity index (χ0) is 33.7. The number of nitrogens with one attached hydrogen (secondary N) is 3. The van der Waals surface area contributed by atoms with Gasteiger partial charge >= 0.3 is 0 Å². The lowest BCUT2D eigenvalue weighted by atomic mass is 10.0. The van der Waals surface area contributed by atoms with Crippen molar-refractivity contribution in [2.75, 3.05) is 10.6 Å². The van der Waals surface area contributed by atoms with Crippen LogP contribution in [0.1, 0.15) is 59.2 Å². The first kappa shape index (κ1) is 33.7. The number of hydrogen-bond acceptors (Lipinski definition) is 6. The number of anilines is 2. The molecule has 10 nitrogen and oxygen atoms in total. The van der Waals surface area contributed by atoms with Crippen LogP contribution < -0.4 is 21.7 Å². The van der Waals surface area contributed by atoms with Crippen molar-refractivity contribution in [1.29, 1.82) is 0 Å². The van der Waals surface area contributed by atoms with E-state index >= 15 is 0 Å². The Hall–Kier alpha value is -5.64. The molecule has 0 unspecified atom stereocenters. The summed E-state index contributed by atoms with van der Waals surface area (Å²) in [5.41, 5.74) is 15.4. The van der Waals surface area contributed by atoms with E-state index in [0.29, 0.717) is 37.5 Å². The number of nitrogens with zero attached hydrogens (tertiary/aromatic N) is 6. The van der Waals surface area contributed by atoms with E-state index < -0.39 is 0 Å². The molecule has 0 bridgehead atoms. The molecule has 0 saturated heterocycles. The highest BCUT2D eigenvalue weighted by molar-refractivity contribution is 5.92. The maximum atomic E-state index is 6.24. The highest BCUT2D eigenvalue weighted by Crippen LogP contribution is 2.19. The Labute approximate surface area is 283 Å². The van der Waals surface area contributed by atoms with Crippen LogP contribution in [-0.2, 0) is 26.1 Å². The molecular weight excluding hydrogens is 596 g/mol. The van der Waals surface area contributed by atoms with E-state index in [0.717, 1.165) is 45.9 Å². The van der Waals surface area contributed by atoms with Crippen LogP contribution in [0.25, 0.3) is 11.1 Å². The summed E-state index contributed by atoms with van der Waals surface area (Å²) < 4.78 is 0. The van der Waals surface area contributed by atoms with Crippen molar-refractivity contribution in [2.45, 2.75) is 66.6 Å². The monoisotopic (exact) mass is 640 g/mol. The van der Waals surface area contributed by atoms with E-state index in [9.17, 15) is 0 Å². The first-order chi connectivity index (χ1) is 23.3. The molecule has 0 amide bonds. The second-order valence-electron chi connectivity index (χ2n) is 11.8. The summed E-state index contributed by atoms with van der Waals surface area (Å²) >= 11 is 0. The summed E-state index contributed by atoms with van der Waals surface area (Å²) in [6.45, 7) is 9.32. The highest BCUT2D eigenvalue weighted by Gasteiger charge is 2.09. The highest BCUT2D eigenvalue weighted by atomic mass is 15.2. The van der Waals surface area contributed by atoms with E-state index in [-0.39, 0.29) is 5.96 Å². The van der Waals surface area contributed by atoms with Gasteiger partial charge in [-0.1, -0.05) is 92.2 Å². The molecule has 0 aliphatic heterocycles. The van der Waals surface area contributed by atoms with Gasteiger partial charge in [0.25, 0.3) is 0 Å². The SMILES string of the molecule is CCCCc1ccc(CN=C(NCc2cc(C)nc(NC(N)=NCc3ccc(-c4ccccc4)cc3)n2)Nc2nc(C)cc(C)n2)cc1. The third-order valence-electron chi connectivity index (χ3n) is 7.55. The third kappa shape index (κ3) is 10.4. The van der Waals surface area contributed by atoms with Crippen LogP contribution in [0.5, 0.6) is 0 Å². The number of rotatable bonds is 12. The molecule has 5 rings (SSSR count). The van der Waals surface area contributed by atoms with Gasteiger partial charge in [0.15, 0.2) is 11.9 Å². The van der Waals surface area contributed by atoms with E-state index in [1.165, 1.54) is 24.0 Å². The number of guanidine groups is 2. The summed E-state index contributed by atoms with van der Waals surface area (Å²) in [7, 11) is 0. The molecule has 10 heteroatoms. The second-order valence-corrected chi connectivity index (χ2v) is 11.8. The van der Waals surface area contributed by atoms with Gasteiger partial charge in [-0.3, -0.25) is 10.6 Å². The number of aryl methyl sites for hydroxylation is 4. The molecule has 2 aromatic heterocycles. The first-order valence-corrected chi connectivity index (χ1v) is 16.3. The van der Waals surface area contributed by atoms with Gasteiger partial charge in [0.2, 0.25) is 11.9 Å². The van der Waals surface area contributed by atoms with Crippen LogP contribution in [0, 0.1) is 20.8 Å². The van der Waals surface area contributed by atoms with Crippen molar-refractivity contribution < 1.29 is 0 Å². The molecule has 0 atom stereocenters. The van der Waals surface area contributed by atoms with E-state index in [1.807, 2.05) is 51.1 Å². The van der Waals surface area contributed by atoms with Gasteiger partial charge in [-0.25, -0.2) is 29.9 Å². The lowest BCUT2D eigenvalue weighted by Crippen LogP contribution is -2.32. The fraction of sp³-hybridized carbons (Fsp3) is 0.263. The Morgan fingerprint density at radius 2 is 1.21 bits per heavy atom. The molecular formula is C38H44N10. The maximum Gasteiger partial charge on any atom is 0.230 e.